The Morgan fingerprint density at radius 1 is 1.19 bits per heavy atom. The van der Waals surface area contributed by atoms with Crippen molar-refractivity contribution in [2.45, 2.75) is 70.6 Å². The molecule has 1 heterocycles. The van der Waals surface area contributed by atoms with Crippen molar-refractivity contribution in [3.63, 3.8) is 0 Å². The molecule has 1 aromatic rings. The first-order valence-electron chi connectivity index (χ1n) is 10.6. The SMILES string of the molecule is CC(=N)c1ccc(C(=O)NC2CCC3(CC2)CN(CC(=O)OC(C)(C)C)C(=O)O3)cc1. The number of hydrogen-bond acceptors (Lipinski definition) is 6. The number of esters is 1. The van der Waals surface area contributed by atoms with Crippen LogP contribution >= 0.6 is 0 Å². The molecule has 1 saturated heterocycles. The molecule has 1 aliphatic carbocycles. The summed E-state index contributed by atoms with van der Waals surface area (Å²) in [5.74, 6) is -0.600. The highest BCUT2D eigenvalue weighted by atomic mass is 16.6. The van der Waals surface area contributed by atoms with Crippen LogP contribution in [0.5, 0.6) is 0 Å². The van der Waals surface area contributed by atoms with Crippen LogP contribution < -0.4 is 5.32 Å². The molecule has 1 aromatic carbocycles. The minimum Gasteiger partial charge on any atom is -0.459 e. The summed E-state index contributed by atoms with van der Waals surface area (Å²) in [5, 5.41) is 10.7. The Balaban J connectivity index is 1.51. The van der Waals surface area contributed by atoms with Gasteiger partial charge < -0.3 is 20.2 Å². The zero-order valence-corrected chi connectivity index (χ0v) is 18.6. The van der Waals surface area contributed by atoms with Gasteiger partial charge in [-0.15, -0.1) is 0 Å². The van der Waals surface area contributed by atoms with Crippen molar-refractivity contribution in [3.05, 3.63) is 35.4 Å². The summed E-state index contributed by atoms with van der Waals surface area (Å²) in [6, 6.07) is 6.98. The minimum atomic E-state index is -0.608. The number of hydrogen-bond donors (Lipinski definition) is 2. The summed E-state index contributed by atoms with van der Waals surface area (Å²) >= 11 is 0. The molecule has 2 N–H and O–H groups in total. The van der Waals surface area contributed by atoms with E-state index in [-0.39, 0.29) is 18.5 Å². The number of carbonyl (C=O) groups is 3. The van der Waals surface area contributed by atoms with Crippen LogP contribution in [-0.2, 0) is 14.3 Å². The normalized spacial score (nSPS) is 23.4. The lowest BCUT2D eigenvalue weighted by Crippen LogP contribution is -2.45. The van der Waals surface area contributed by atoms with Crippen LogP contribution in [0.3, 0.4) is 0 Å². The zero-order chi connectivity index (χ0) is 22.8. The van der Waals surface area contributed by atoms with E-state index in [1.54, 1.807) is 52.0 Å². The number of amides is 2. The van der Waals surface area contributed by atoms with Crippen molar-refractivity contribution < 1.29 is 23.9 Å². The molecule has 1 spiro atoms. The third-order valence-electron chi connectivity index (χ3n) is 5.59. The van der Waals surface area contributed by atoms with E-state index in [2.05, 4.69) is 5.32 Å². The van der Waals surface area contributed by atoms with E-state index in [0.29, 0.717) is 43.5 Å². The van der Waals surface area contributed by atoms with Crippen LogP contribution in [0.25, 0.3) is 0 Å². The highest BCUT2D eigenvalue weighted by Crippen LogP contribution is 2.37. The first-order chi connectivity index (χ1) is 14.5. The largest absolute Gasteiger partial charge is 0.459 e. The fourth-order valence-corrected chi connectivity index (χ4v) is 4.03. The lowest BCUT2D eigenvalue weighted by Gasteiger charge is -2.35. The van der Waals surface area contributed by atoms with Crippen LogP contribution in [0.4, 0.5) is 4.79 Å². The van der Waals surface area contributed by atoms with Gasteiger partial charge in [0.05, 0.1) is 6.54 Å². The van der Waals surface area contributed by atoms with Gasteiger partial charge >= 0.3 is 12.1 Å². The summed E-state index contributed by atoms with van der Waals surface area (Å²) in [4.78, 5) is 38.3. The van der Waals surface area contributed by atoms with Gasteiger partial charge in [-0.2, -0.15) is 0 Å². The molecule has 2 fully saturated rings. The first kappa shape index (κ1) is 22.8. The average Bonchev–Trinajstić information content (AvgIpc) is 2.97. The van der Waals surface area contributed by atoms with Crippen LogP contribution in [0.1, 0.15) is 69.3 Å². The van der Waals surface area contributed by atoms with Gasteiger partial charge in [0, 0.05) is 17.3 Å². The summed E-state index contributed by atoms with van der Waals surface area (Å²) in [5.41, 5.74) is 0.587. The van der Waals surface area contributed by atoms with Crippen LogP contribution in [0.15, 0.2) is 24.3 Å². The highest BCUT2D eigenvalue weighted by molar-refractivity contribution is 5.98. The molecule has 31 heavy (non-hydrogen) atoms. The Bertz CT molecular complexity index is 864. The maximum absolute atomic E-state index is 12.5. The predicted molar refractivity (Wildman–Crippen MR) is 115 cm³/mol. The fraction of sp³-hybridized carbons (Fsp3) is 0.565. The Morgan fingerprint density at radius 2 is 1.77 bits per heavy atom. The first-order valence-corrected chi connectivity index (χ1v) is 10.6. The summed E-state index contributed by atoms with van der Waals surface area (Å²) < 4.78 is 11.0. The van der Waals surface area contributed by atoms with E-state index < -0.39 is 23.3 Å². The third kappa shape index (κ3) is 5.83. The molecule has 0 aromatic heterocycles. The molecule has 0 unspecified atom stereocenters. The second-order valence-electron chi connectivity index (χ2n) is 9.44. The second-order valence-corrected chi connectivity index (χ2v) is 9.44. The molecule has 0 radical (unpaired) electrons. The molecule has 8 nitrogen and oxygen atoms in total. The lowest BCUT2D eigenvalue weighted by molar-refractivity contribution is -0.155. The molecular weight excluding hydrogens is 398 g/mol. The fourth-order valence-electron chi connectivity index (χ4n) is 4.03. The van der Waals surface area contributed by atoms with E-state index >= 15 is 0 Å². The second kappa shape index (κ2) is 8.69. The van der Waals surface area contributed by atoms with Crippen LogP contribution in [-0.4, -0.2) is 58.9 Å². The molecule has 1 saturated carbocycles. The number of ether oxygens (including phenoxy) is 2. The Kier molecular flexibility index (Phi) is 6.38. The molecular formula is C23H31N3O5. The molecule has 3 rings (SSSR count). The van der Waals surface area contributed by atoms with Crippen molar-refractivity contribution in [2.75, 3.05) is 13.1 Å². The van der Waals surface area contributed by atoms with Crippen molar-refractivity contribution in [3.8, 4) is 0 Å². The van der Waals surface area contributed by atoms with Gasteiger partial charge in [0.1, 0.15) is 17.7 Å². The smallest absolute Gasteiger partial charge is 0.411 e. The van der Waals surface area contributed by atoms with Gasteiger partial charge in [-0.05, 0) is 71.1 Å². The monoisotopic (exact) mass is 429 g/mol. The van der Waals surface area contributed by atoms with Crippen molar-refractivity contribution >= 4 is 23.7 Å². The highest BCUT2D eigenvalue weighted by Gasteiger charge is 2.48. The molecule has 0 atom stereocenters. The van der Waals surface area contributed by atoms with E-state index in [4.69, 9.17) is 14.9 Å². The van der Waals surface area contributed by atoms with Gasteiger partial charge in [0.15, 0.2) is 0 Å². The van der Waals surface area contributed by atoms with Gasteiger partial charge in [0.2, 0.25) is 0 Å². The van der Waals surface area contributed by atoms with E-state index in [1.165, 1.54) is 4.90 Å². The number of carbonyl (C=O) groups excluding carboxylic acids is 3. The Hall–Kier alpha value is -2.90. The van der Waals surface area contributed by atoms with E-state index in [1.807, 2.05) is 0 Å². The minimum absolute atomic E-state index is 0.000818. The summed E-state index contributed by atoms with van der Waals surface area (Å²) in [6.45, 7) is 7.30. The summed E-state index contributed by atoms with van der Waals surface area (Å²) in [7, 11) is 0. The van der Waals surface area contributed by atoms with Crippen molar-refractivity contribution in [1.82, 2.24) is 10.2 Å². The lowest BCUT2D eigenvalue weighted by atomic mass is 9.82. The van der Waals surface area contributed by atoms with Gasteiger partial charge in [-0.25, -0.2) is 4.79 Å². The number of rotatable bonds is 5. The quantitative estimate of drug-likeness (QED) is 0.551. The van der Waals surface area contributed by atoms with Gasteiger partial charge in [0.25, 0.3) is 5.91 Å². The van der Waals surface area contributed by atoms with E-state index in [0.717, 1.165) is 5.56 Å². The number of nitrogens with zero attached hydrogens (tertiary/aromatic N) is 1. The molecule has 168 valence electrons. The number of benzene rings is 1. The van der Waals surface area contributed by atoms with Gasteiger partial charge in [-0.1, -0.05) is 12.1 Å². The number of nitrogens with one attached hydrogen (secondary N) is 2. The standard InChI is InChI=1S/C23H31N3O5/c1-15(24)16-5-7-17(8-6-16)20(28)25-18-9-11-23(12-10-18)14-26(21(29)31-23)13-19(27)30-22(2,3)4/h5-8,18,24H,9-14H2,1-4H3,(H,25,28). The Morgan fingerprint density at radius 3 is 2.32 bits per heavy atom. The molecule has 8 heteroatoms. The maximum atomic E-state index is 12.5. The zero-order valence-electron chi connectivity index (χ0n) is 18.6. The van der Waals surface area contributed by atoms with Crippen LogP contribution in [0, 0.1) is 5.41 Å². The third-order valence-corrected chi connectivity index (χ3v) is 5.59. The van der Waals surface area contributed by atoms with E-state index in [9.17, 15) is 14.4 Å². The Labute approximate surface area is 182 Å². The van der Waals surface area contributed by atoms with Crippen LogP contribution in [0.2, 0.25) is 0 Å². The summed E-state index contributed by atoms with van der Waals surface area (Å²) in [6.07, 6.45) is 2.14. The average molecular weight is 430 g/mol. The predicted octanol–water partition coefficient (Wildman–Crippen LogP) is 3.28. The molecule has 0 bridgehead atoms. The van der Waals surface area contributed by atoms with Gasteiger partial charge in [-0.3, -0.25) is 14.5 Å². The molecule has 1 aliphatic heterocycles. The topological polar surface area (TPSA) is 109 Å². The maximum Gasteiger partial charge on any atom is 0.411 e. The van der Waals surface area contributed by atoms with Crippen molar-refractivity contribution in [2.24, 2.45) is 0 Å². The molecule has 2 aliphatic rings. The van der Waals surface area contributed by atoms with Crippen molar-refractivity contribution in [1.29, 1.82) is 5.41 Å². The molecule has 2 amide bonds.